The average Bonchev–Trinajstić information content (AvgIpc) is 3.26. The van der Waals surface area contributed by atoms with E-state index in [1.54, 1.807) is 36.7 Å². The van der Waals surface area contributed by atoms with Gasteiger partial charge in [-0.3, -0.25) is 9.59 Å². The van der Waals surface area contributed by atoms with Crippen LogP contribution in [-0.2, 0) is 37.5 Å². The van der Waals surface area contributed by atoms with Crippen molar-refractivity contribution in [3.8, 4) is 5.75 Å². The van der Waals surface area contributed by atoms with Crippen molar-refractivity contribution >= 4 is 46.0 Å². The van der Waals surface area contributed by atoms with Gasteiger partial charge in [-0.25, -0.2) is 9.37 Å². The molecule has 0 fully saturated rings. The first-order valence-corrected chi connectivity index (χ1v) is 14.8. The van der Waals surface area contributed by atoms with Crippen molar-refractivity contribution in [3.63, 3.8) is 0 Å². The van der Waals surface area contributed by atoms with Gasteiger partial charge in [0, 0.05) is 43.1 Å². The third kappa shape index (κ3) is 7.70. The van der Waals surface area contributed by atoms with Crippen molar-refractivity contribution in [1.82, 2.24) is 20.2 Å². The number of imidazole rings is 1. The van der Waals surface area contributed by atoms with Crippen LogP contribution in [0.2, 0.25) is 10.0 Å². The van der Waals surface area contributed by atoms with Crippen LogP contribution in [0.4, 0.5) is 17.6 Å². The Morgan fingerprint density at radius 1 is 0.978 bits per heavy atom. The molecule has 0 spiro atoms. The zero-order valence-corrected chi connectivity index (χ0v) is 26.8. The predicted molar refractivity (Wildman–Crippen MR) is 165 cm³/mol. The van der Waals surface area contributed by atoms with Gasteiger partial charge in [0.25, 0.3) is 5.91 Å². The Morgan fingerprint density at radius 2 is 1.64 bits per heavy atom. The number of aromatic nitrogens is 2. The second-order valence-corrected chi connectivity index (χ2v) is 12.2. The second-order valence-electron chi connectivity index (χ2n) is 11.4. The number of rotatable bonds is 9. The summed E-state index contributed by atoms with van der Waals surface area (Å²) in [4.78, 5) is 30.3. The number of carbonyl (C=O) groups is 2. The number of nitrogens with zero attached hydrogens (tertiary/aromatic N) is 2. The number of nitrogens with one attached hydrogen (secondary N) is 2. The second kappa shape index (κ2) is 13.3. The molecule has 7 nitrogen and oxygen atoms in total. The molecule has 0 saturated heterocycles. The largest absolute Gasteiger partial charge is 0.493 e. The number of ether oxygens (including phenoxy) is 1. The van der Waals surface area contributed by atoms with Crippen LogP contribution in [0.25, 0.3) is 11.0 Å². The molecule has 0 saturated carbocycles. The lowest BCUT2D eigenvalue weighted by Gasteiger charge is -2.18. The molecule has 1 aromatic heterocycles. The third-order valence-corrected chi connectivity index (χ3v) is 7.98. The quantitative estimate of drug-likeness (QED) is 0.180. The molecular weight excluding hydrogens is 635 g/mol. The first-order valence-electron chi connectivity index (χ1n) is 14.0. The van der Waals surface area contributed by atoms with E-state index in [1.165, 1.54) is 6.07 Å². The Balaban J connectivity index is 1.63. The summed E-state index contributed by atoms with van der Waals surface area (Å²) in [5.41, 5.74) is 0.376. The minimum Gasteiger partial charge on any atom is -0.493 e. The van der Waals surface area contributed by atoms with E-state index in [2.05, 4.69) is 10.6 Å². The van der Waals surface area contributed by atoms with E-state index in [9.17, 15) is 27.2 Å². The van der Waals surface area contributed by atoms with Gasteiger partial charge in [-0.2, -0.15) is 13.2 Å². The number of amides is 2. The van der Waals surface area contributed by atoms with E-state index in [0.29, 0.717) is 44.1 Å². The van der Waals surface area contributed by atoms with Crippen LogP contribution in [0, 0.1) is 11.2 Å². The van der Waals surface area contributed by atoms with Gasteiger partial charge in [0.15, 0.2) is 0 Å². The summed E-state index contributed by atoms with van der Waals surface area (Å²) in [6.07, 6.45) is -4.58. The van der Waals surface area contributed by atoms with Gasteiger partial charge < -0.3 is 19.9 Å². The van der Waals surface area contributed by atoms with Crippen molar-refractivity contribution in [2.45, 2.75) is 53.4 Å². The predicted octanol–water partition coefficient (Wildman–Crippen LogP) is 7.62. The Hall–Kier alpha value is -3.83. The molecule has 1 heterocycles. The molecule has 240 valence electrons. The molecular formula is C32H32Cl2F4N4O3. The monoisotopic (exact) mass is 666 g/mol. The molecule has 4 rings (SSSR count). The van der Waals surface area contributed by atoms with Crippen LogP contribution in [-0.4, -0.2) is 28.0 Å². The van der Waals surface area contributed by atoms with Crippen molar-refractivity contribution in [2.24, 2.45) is 12.5 Å². The number of halogens is 6. The lowest BCUT2D eigenvalue weighted by molar-refractivity contribution is -0.138. The molecule has 2 N–H and O–H groups in total. The zero-order chi connectivity index (χ0) is 33.3. The highest BCUT2D eigenvalue weighted by Gasteiger charge is 2.34. The van der Waals surface area contributed by atoms with E-state index in [4.69, 9.17) is 32.9 Å². The minimum atomic E-state index is -4.80. The van der Waals surface area contributed by atoms with Gasteiger partial charge in [-0.05, 0) is 47.9 Å². The minimum absolute atomic E-state index is 0.0670. The summed E-state index contributed by atoms with van der Waals surface area (Å²) >= 11 is 13.3. The Labute approximate surface area is 267 Å². The van der Waals surface area contributed by atoms with Crippen molar-refractivity contribution in [1.29, 1.82) is 0 Å². The van der Waals surface area contributed by atoms with E-state index in [0.717, 1.165) is 12.1 Å². The lowest BCUT2D eigenvalue weighted by Crippen LogP contribution is -2.34. The first-order chi connectivity index (χ1) is 21.0. The number of carbonyl (C=O) groups excluding carboxylic acids is 2. The Bertz CT molecular complexity index is 1760. The van der Waals surface area contributed by atoms with Gasteiger partial charge in [-0.15, -0.1) is 0 Å². The highest BCUT2D eigenvalue weighted by molar-refractivity contribution is 6.36. The van der Waals surface area contributed by atoms with Crippen molar-refractivity contribution in [3.05, 3.63) is 92.0 Å². The number of aryl methyl sites for hydroxylation is 1. The van der Waals surface area contributed by atoms with Gasteiger partial charge >= 0.3 is 6.18 Å². The standard InChI is InChI=1S/C32H32Cl2F4N4O3/c1-6-45-26-14-25-24(12-21(26)29(43)39-15-17-7-9-19(35)11-22(17)32(36,37)38)41-27(42(25)5)13-20-23(33)10-8-18(28(20)34)16-40-30(44)31(2,3)4/h7-12,14H,6,13,15-16H2,1-5H3,(H,39,43)(H,40,44). The number of fused-ring (bicyclic) bond motifs is 1. The average molecular weight is 668 g/mol. The Morgan fingerprint density at radius 3 is 2.29 bits per heavy atom. The van der Waals surface area contributed by atoms with Crippen LogP contribution in [0.3, 0.4) is 0 Å². The van der Waals surface area contributed by atoms with Crippen LogP contribution in [0.15, 0.2) is 42.5 Å². The molecule has 13 heteroatoms. The van der Waals surface area contributed by atoms with Crippen LogP contribution in [0.5, 0.6) is 5.75 Å². The van der Waals surface area contributed by atoms with Gasteiger partial charge in [0.05, 0.1) is 33.8 Å². The van der Waals surface area contributed by atoms with Crippen LogP contribution >= 0.6 is 23.2 Å². The molecule has 0 aliphatic rings. The fourth-order valence-electron chi connectivity index (χ4n) is 4.66. The zero-order valence-electron chi connectivity index (χ0n) is 25.3. The molecule has 0 aliphatic heterocycles. The molecule has 0 aliphatic carbocycles. The summed E-state index contributed by atoms with van der Waals surface area (Å²) < 4.78 is 61.4. The maximum absolute atomic E-state index is 13.5. The summed E-state index contributed by atoms with van der Waals surface area (Å²) in [6.45, 7) is 7.10. The van der Waals surface area contributed by atoms with E-state index in [1.807, 2.05) is 20.8 Å². The first kappa shape index (κ1) is 34.1. The van der Waals surface area contributed by atoms with Crippen molar-refractivity contribution < 1.29 is 31.9 Å². The lowest BCUT2D eigenvalue weighted by atomic mass is 9.95. The smallest absolute Gasteiger partial charge is 0.416 e. The van der Waals surface area contributed by atoms with E-state index in [-0.39, 0.29) is 42.4 Å². The third-order valence-electron chi connectivity index (χ3n) is 7.16. The fourth-order valence-corrected chi connectivity index (χ4v) is 5.23. The number of hydrogen-bond acceptors (Lipinski definition) is 4. The Kier molecular flexibility index (Phi) is 10.0. The molecule has 0 unspecified atom stereocenters. The summed E-state index contributed by atoms with van der Waals surface area (Å²) in [7, 11) is 1.78. The maximum atomic E-state index is 13.5. The van der Waals surface area contributed by atoms with Gasteiger partial charge in [0.2, 0.25) is 5.91 Å². The van der Waals surface area contributed by atoms with Crippen LogP contribution < -0.4 is 15.4 Å². The number of benzene rings is 3. The van der Waals surface area contributed by atoms with Crippen molar-refractivity contribution in [2.75, 3.05) is 6.61 Å². The summed E-state index contributed by atoms with van der Waals surface area (Å²) in [5, 5.41) is 6.16. The normalized spacial score (nSPS) is 12.0. The molecule has 45 heavy (non-hydrogen) atoms. The SMILES string of the molecule is CCOc1cc2c(cc1C(=O)NCc1ccc(F)cc1C(F)(F)F)nc(Cc1c(Cl)ccc(CNC(=O)C(C)(C)C)c1Cl)n2C. The van der Waals surface area contributed by atoms with Crippen LogP contribution in [0.1, 0.15) is 66.1 Å². The number of alkyl halides is 3. The maximum Gasteiger partial charge on any atom is 0.416 e. The topological polar surface area (TPSA) is 85.2 Å². The fraction of sp³-hybridized carbons (Fsp3) is 0.344. The molecule has 0 radical (unpaired) electrons. The van der Waals surface area contributed by atoms with E-state index < -0.39 is 35.4 Å². The molecule has 3 aromatic carbocycles. The van der Waals surface area contributed by atoms with Gasteiger partial charge in [-0.1, -0.05) is 56.1 Å². The molecule has 4 aromatic rings. The number of hydrogen-bond donors (Lipinski definition) is 2. The highest BCUT2D eigenvalue weighted by Crippen LogP contribution is 2.34. The summed E-state index contributed by atoms with van der Waals surface area (Å²) in [5.74, 6) is -1.09. The van der Waals surface area contributed by atoms with Gasteiger partial charge in [0.1, 0.15) is 17.4 Å². The molecule has 0 atom stereocenters. The highest BCUT2D eigenvalue weighted by atomic mass is 35.5. The molecule has 2 amide bonds. The van der Waals surface area contributed by atoms with E-state index >= 15 is 0 Å². The molecule has 0 bridgehead atoms. The summed E-state index contributed by atoms with van der Waals surface area (Å²) in [6, 6.07) is 8.85.